The number of rotatable bonds is 3. The Morgan fingerprint density at radius 3 is 2.77 bits per heavy atom. The molecule has 1 aromatic heterocycles. The van der Waals surface area contributed by atoms with E-state index in [1.54, 1.807) is 0 Å². The Labute approximate surface area is 125 Å². The van der Waals surface area contributed by atoms with Gasteiger partial charge in [-0.2, -0.15) is 0 Å². The van der Waals surface area contributed by atoms with Crippen molar-refractivity contribution < 1.29 is 4.92 Å². The second kappa shape index (κ2) is 5.40. The second-order valence-electron chi connectivity index (χ2n) is 5.13. The summed E-state index contributed by atoms with van der Waals surface area (Å²) < 4.78 is 1.46. The summed E-state index contributed by atoms with van der Waals surface area (Å²) in [4.78, 5) is 27.0. The summed E-state index contributed by atoms with van der Waals surface area (Å²) in [6.07, 6.45) is 1.47. The normalized spacial score (nSPS) is 10.8. The van der Waals surface area contributed by atoms with Gasteiger partial charge in [0.2, 0.25) is 0 Å². The average molecular weight is 295 g/mol. The van der Waals surface area contributed by atoms with E-state index in [-0.39, 0.29) is 16.6 Å². The number of hydrogen-bond donors (Lipinski definition) is 0. The number of fused-ring (bicyclic) bond motifs is 1. The van der Waals surface area contributed by atoms with Gasteiger partial charge in [0.25, 0.3) is 11.2 Å². The van der Waals surface area contributed by atoms with Crippen LogP contribution in [0.4, 0.5) is 5.69 Å². The van der Waals surface area contributed by atoms with Crippen LogP contribution in [0.1, 0.15) is 11.1 Å². The van der Waals surface area contributed by atoms with Crippen LogP contribution in [0, 0.1) is 17.0 Å². The Morgan fingerprint density at radius 2 is 2.05 bits per heavy atom. The highest BCUT2D eigenvalue weighted by molar-refractivity contribution is 5.79. The molecule has 0 unspecified atom stereocenters. The van der Waals surface area contributed by atoms with Crippen LogP contribution < -0.4 is 5.56 Å². The second-order valence-corrected chi connectivity index (χ2v) is 5.13. The molecule has 0 aliphatic rings. The molecule has 2 aromatic carbocycles. The number of non-ortho nitro benzene ring substituents is 1. The molecule has 0 bridgehead atoms. The fraction of sp³-hybridized carbons (Fsp3) is 0.125. The summed E-state index contributed by atoms with van der Waals surface area (Å²) >= 11 is 0. The van der Waals surface area contributed by atoms with Gasteiger partial charge in [0.1, 0.15) is 0 Å². The molecule has 0 spiro atoms. The van der Waals surface area contributed by atoms with Crippen molar-refractivity contribution in [1.82, 2.24) is 9.55 Å². The Kier molecular flexibility index (Phi) is 3.42. The topological polar surface area (TPSA) is 78.0 Å². The van der Waals surface area contributed by atoms with Gasteiger partial charge in [-0.25, -0.2) is 4.98 Å². The quantitative estimate of drug-likeness (QED) is 0.549. The zero-order valence-corrected chi connectivity index (χ0v) is 11.9. The molecular formula is C16H13N3O3. The van der Waals surface area contributed by atoms with Crippen LogP contribution in [0.2, 0.25) is 0 Å². The highest BCUT2D eigenvalue weighted by Crippen LogP contribution is 2.16. The molecule has 0 saturated carbocycles. The summed E-state index contributed by atoms with van der Waals surface area (Å²) in [5.74, 6) is 0. The molecule has 0 fully saturated rings. The van der Waals surface area contributed by atoms with Crippen molar-refractivity contribution in [3.63, 3.8) is 0 Å². The molecule has 3 aromatic rings. The van der Waals surface area contributed by atoms with E-state index in [9.17, 15) is 14.9 Å². The van der Waals surface area contributed by atoms with Gasteiger partial charge in [-0.05, 0) is 18.6 Å². The fourth-order valence-electron chi connectivity index (χ4n) is 2.38. The first kappa shape index (κ1) is 13.9. The zero-order chi connectivity index (χ0) is 15.7. The third-order valence-corrected chi connectivity index (χ3v) is 3.45. The van der Waals surface area contributed by atoms with E-state index in [1.807, 2.05) is 31.2 Å². The standard InChI is InChI=1S/C16H13N3O3/c1-11-3-2-4-12(7-11)9-18-10-17-15-6-5-13(19(21)22)8-14(15)16(18)20/h2-8,10H,9H2,1H3. The van der Waals surface area contributed by atoms with Crippen molar-refractivity contribution in [2.45, 2.75) is 13.5 Å². The summed E-state index contributed by atoms with van der Waals surface area (Å²) in [6.45, 7) is 2.36. The lowest BCUT2D eigenvalue weighted by Crippen LogP contribution is -2.21. The van der Waals surface area contributed by atoms with Crippen LogP contribution in [0.3, 0.4) is 0 Å². The van der Waals surface area contributed by atoms with Crippen LogP contribution in [-0.4, -0.2) is 14.5 Å². The summed E-state index contributed by atoms with van der Waals surface area (Å²) in [6, 6.07) is 11.9. The van der Waals surface area contributed by atoms with Gasteiger partial charge in [0, 0.05) is 12.1 Å². The first-order valence-electron chi connectivity index (χ1n) is 6.74. The monoisotopic (exact) mass is 295 g/mol. The molecular weight excluding hydrogens is 282 g/mol. The fourth-order valence-corrected chi connectivity index (χ4v) is 2.38. The van der Waals surface area contributed by atoms with E-state index in [2.05, 4.69) is 4.98 Å². The number of nitro groups is 1. The summed E-state index contributed by atoms with van der Waals surface area (Å²) in [7, 11) is 0. The molecule has 0 atom stereocenters. The molecule has 6 nitrogen and oxygen atoms in total. The lowest BCUT2D eigenvalue weighted by atomic mass is 10.1. The molecule has 0 saturated heterocycles. The summed E-state index contributed by atoms with van der Waals surface area (Å²) in [5.41, 5.74) is 2.15. The SMILES string of the molecule is Cc1cccc(Cn2cnc3ccc([N+](=O)[O-])cc3c2=O)c1. The lowest BCUT2D eigenvalue weighted by Gasteiger charge is -2.07. The van der Waals surface area contributed by atoms with Gasteiger partial charge in [-0.15, -0.1) is 0 Å². The maximum absolute atomic E-state index is 12.5. The highest BCUT2D eigenvalue weighted by Gasteiger charge is 2.11. The Hall–Kier alpha value is -3.02. The minimum atomic E-state index is -0.517. The third kappa shape index (κ3) is 2.58. The summed E-state index contributed by atoms with van der Waals surface area (Å²) in [5, 5.41) is 11.1. The zero-order valence-electron chi connectivity index (χ0n) is 11.9. The minimum absolute atomic E-state index is 0.111. The van der Waals surface area contributed by atoms with E-state index in [1.165, 1.54) is 29.1 Å². The lowest BCUT2D eigenvalue weighted by molar-refractivity contribution is -0.384. The number of aromatic nitrogens is 2. The molecule has 0 aliphatic carbocycles. The van der Waals surface area contributed by atoms with E-state index in [0.717, 1.165) is 11.1 Å². The van der Waals surface area contributed by atoms with E-state index in [0.29, 0.717) is 12.1 Å². The number of nitro benzene ring substituents is 1. The van der Waals surface area contributed by atoms with Crippen molar-refractivity contribution in [1.29, 1.82) is 0 Å². The smallest absolute Gasteiger partial charge is 0.270 e. The van der Waals surface area contributed by atoms with Crippen molar-refractivity contribution in [3.8, 4) is 0 Å². The van der Waals surface area contributed by atoms with E-state index < -0.39 is 4.92 Å². The Balaban J connectivity index is 2.09. The first-order valence-corrected chi connectivity index (χ1v) is 6.74. The van der Waals surface area contributed by atoms with Gasteiger partial charge in [-0.3, -0.25) is 19.5 Å². The van der Waals surface area contributed by atoms with Crippen molar-refractivity contribution >= 4 is 16.6 Å². The maximum Gasteiger partial charge on any atom is 0.270 e. The highest BCUT2D eigenvalue weighted by atomic mass is 16.6. The van der Waals surface area contributed by atoms with Crippen molar-refractivity contribution in [2.24, 2.45) is 0 Å². The number of hydrogen-bond acceptors (Lipinski definition) is 4. The van der Waals surface area contributed by atoms with Crippen LogP contribution in [-0.2, 0) is 6.54 Å². The van der Waals surface area contributed by atoms with Gasteiger partial charge in [-0.1, -0.05) is 29.8 Å². The molecule has 110 valence electrons. The molecule has 1 heterocycles. The Bertz CT molecular complexity index is 931. The molecule has 0 aliphatic heterocycles. The van der Waals surface area contributed by atoms with Gasteiger partial charge in [0.05, 0.1) is 28.7 Å². The number of benzene rings is 2. The number of nitrogens with zero attached hydrogens (tertiary/aromatic N) is 3. The molecule has 0 radical (unpaired) electrons. The number of aryl methyl sites for hydroxylation is 1. The van der Waals surface area contributed by atoms with Crippen LogP contribution in [0.15, 0.2) is 53.6 Å². The minimum Gasteiger partial charge on any atom is -0.294 e. The predicted molar refractivity (Wildman–Crippen MR) is 82.9 cm³/mol. The van der Waals surface area contributed by atoms with Crippen LogP contribution in [0.25, 0.3) is 10.9 Å². The molecule has 3 rings (SSSR count). The van der Waals surface area contributed by atoms with E-state index >= 15 is 0 Å². The average Bonchev–Trinajstić information content (AvgIpc) is 2.50. The Morgan fingerprint density at radius 1 is 1.23 bits per heavy atom. The molecule has 0 N–H and O–H groups in total. The van der Waals surface area contributed by atoms with Gasteiger partial charge in [0.15, 0.2) is 0 Å². The largest absolute Gasteiger partial charge is 0.294 e. The first-order chi connectivity index (χ1) is 10.5. The third-order valence-electron chi connectivity index (χ3n) is 3.45. The van der Waals surface area contributed by atoms with Crippen LogP contribution in [0.5, 0.6) is 0 Å². The predicted octanol–water partition coefficient (Wildman–Crippen LogP) is 2.66. The molecule has 22 heavy (non-hydrogen) atoms. The van der Waals surface area contributed by atoms with Crippen molar-refractivity contribution in [2.75, 3.05) is 0 Å². The molecule has 6 heteroatoms. The van der Waals surface area contributed by atoms with Gasteiger partial charge >= 0.3 is 0 Å². The maximum atomic E-state index is 12.5. The molecule has 0 amide bonds. The van der Waals surface area contributed by atoms with Crippen LogP contribution >= 0.6 is 0 Å². The van der Waals surface area contributed by atoms with Gasteiger partial charge < -0.3 is 0 Å². The van der Waals surface area contributed by atoms with Crippen molar-refractivity contribution in [3.05, 3.63) is 80.4 Å². The van der Waals surface area contributed by atoms with E-state index in [4.69, 9.17) is 0 Å².